The highest BCUT2D eigenvalue weighted by molar-refractivity contribution is 7.99. The van der Waals surface area contributed by atoms with E-state index in [0.717, 1.165) is 16.4 Å². The Hall–Kier alpha value is -2.12. The first-order valence-corrected chi connectivity index (χ1v) is 8.54. The maximum absolute atomic E-state index is 11.5. The second-order valence-corrected chi connectivity index (χ2v) is 6.31. The minimum atomic E-state index is -0.0368. The number of hydrogen-bond acceptors (Lipinski definition) is 5. The molecule has 112 valence electrons. The molecule has 0 radical (unpaired) electrons. The van der Waals surface area contributed by atoms with Gasteiger partial charge in [0.05, 0.1) is 10.6 Å². The van der Waals surface area contributed by atoms with E-state index >= 15 is 0 Å². The zero-order chi connectivity index (χ0) is 15.4. The quantitative estimate of drug-likeness (QED) is 0.731. The third-order valence-corrected chi connectivity index (χ3v) is 4.80. The summed E-state index contributed by atoms with van der Waals surface area (Å²) in [7, 11) is 1.63. The van der Waals surface area contributed by atoms with Crippen LogP contribution in [-0.4, -0.2) is 33.5 Å². The molecule has 0 atom stereocenters. The van der Waals surface area contributed by atoms with E-state index in [-0.39, 0.29) is 5.91 Å². The lowest BCUT2D eigenvalue weighted by atomic mass is 10.3. The molecule has 0 aliphatic heterocycles. The number of hydrogen-bond donors (Lipinski definition) is 1. The van der Waals surface area contributed by atoms with Gasteiger partial charge in [-0.25, -0.2) is 0 Å². The molecule has 0 unspecified atom stereocenters. The van der Waals surface area contributed by atoms with Crippen molar-refractivity contribution >= 4 is 29.0 Å². The Labute approximate surface area is 136 Å². The molecule has 1 amide bonds. The van der Waals surface area contributed by atoms with Gasteiger partial charge in [-0.1, -0.05) is 36.0 Å². The third kappa shape index (κ3) is 3.05. The van der Waals surface area contributed by atoms with E-state index in [0.29, 0.717) is 10.9 Å². The minimum Gasteiger partial charge on any atom is -0.358 e. The maximum atomic E-state index is 11.5. The van der Waals surface area contributed by atoms with Crippen molar-refractivity contribution < 1.29 is 4.79 Å². The first kappa shape index (κ1) is 14.8. The van der Waals surface area contributed by atoms with Gasteiger partial charge in [0.15, 0.2) is 11.0 Å². The molecule has 7 heteroatoms. The van der Waals surface area contributed by atoms with Crippen LogP contribution in [0, 0.1) is 0 Å². The van der Waals surface area contributed by atoms with Crippen molar-refractivity contribution in [3.05, 3.63) is 47.8 Å². The summed E-state index contributed by atoms with van der Waals surface area (Å²) < 4.78 is 1.99. The van der Waals surface area contributed by atoms with E-state index in [9.17, 15) is 4.79 Å². The Kier molecular flexibility index (Phi) is 4.55. The van der Waals surface area contributed by atoms with Crippen molar-refractivity contribution in [1.82, 2.24) is 20.1 Å². The van der Waals surface area contributed by atoms with Gasteiger partial charge < -0.3 is 5.32 Å². The average Bonchev–Trinajstić information content (AvgIpc) is 3.22. The number of thiophene rings is 1. The summed E-state index contributed by atoms with van der Waals surface area (Å²) in [5, 5.41) is 13.9. The van der Waals surface area contributed by atoms with Crippen molar-refractivity contribution in [3.8, 4) is 16.4 Å². The summed E-state index contributed by atoms with van der Waals surface area (Å²) in [6.45, 7) is 0. The lowest BCUT2D eigenvalue weighted by Gasteiger charge is -2.09. The predicted octanol–water partition coefficient (Wildman–Crippen LogP) is 2.83. The van der Waals surface area contributed by atoms with Gasteiger partial charge >= 0.3 is 0 Å². The number of rotatable bonds is 5. The van der Waals surface area contributed by atoms with Crippen molar-refractivity contribution in [2.45, 2.75) is 5.16 Å². The van der Waals surface area contributed by atoms with Crippen LogP contribution >= 0.6 is 23.1 Å². The minimum absolute atomic E-state index is 0.0368. The van der Waals surface area contributed by atoms with Crippen LogP contribution < -0.4 is 5.32 Å². The highest BCUT2D eigenvalue weighted by Crippen LogP contribution is 2.30. The van der Waals surface area contributed by atoms with Crippen LogP contribution in [0.4, 0.5) is 0 Å². The number of benzene rings is 1. The zero-order valence-corrected chi connectivity index (χ0v) is 13.5. The molecule has 0 fully saturated rings. The topological polar surface area (TPSA) is 59.8 Å². The highest BCUT2D eigenvalue weighted by atomic mass is 32.2. The molecule has 0 spiro atoms. The number of para-hydroxylation sites is 1. The smallest absolute Gasteiger partial charge is 0.230 e. The summed E-state index contributed by atoms with van der Waals surface area (Å²) >= 11 is 2.99. The van der Waals surface area contributed by atoms with E-state index in [4.69, 9.17) is 0 Å². The molecule has 3 aromatic rings. The van der Waals surface area contributed by atoms with E-state index < -0.39 is 0 Å². The standard InChI is InChI=1S/C15H14N4OS2/c1-16-13(20)10-22-15-18-17-14(12-8-5-9-21-12)19(15)11-6-3-2-4-7-11/h2-9H,10H2,1H3,(H,16,20). The van der Waals surface area contributed by atoms with Crippen LogP contribution in [0.2, 0.25) is 0 Å². The number of amides is 1. The summed E-state index contributed by atoms with van der Waals surface area (Å²) in [5.41, 5.74) is 0.982. The van der Waals surface area contributed by atoms with Gasteiger partial charge in [-0.15, -0.1) is 21.5 Å². The molecule has 2 aromatic heterocycles. The van der Waals surface area contributed by atoms with Gasteiger partial charge in [0, 0.05) is 12.7 Å². The monoisotopic (exact) mass is 330 g/mol. The van der Waals surface area contributed by atoms with Gasteiger partial charge in [-0.3, -0.25) is 9.36 Å². The lowest BCUT2D eigenvalue weighted by molar-refractivity contribution is -0.118. The van der Waals surface area contributed by atoms with Crippen LogP contribution in [0.1, 0.15) is 0 Å². The number of aromatic nitrogens is 3. The predicted molar refractivity (Wildman–Crippen MR) is 89.5 cm³/mol. The summed E-state index contributed by atoms with van der Waals surface area (Å²) in [5.74, 6) is 1.07. The molecule has 3 rings (SSSR count). The number of nitrogens with one attached hydrogen (secondary N) is 1. The fourth-order valence-corrected chi connectivity index (χ4v) is 3.46. The van der Waals surface area contributed by atoms with Gasteiger partial charge in [-0.05, 0) is 23.6 Å². The normalized spacial score (nSPS) is 10.6. The number of carbonyl (C=O) groups excluding carboxylic acids is 1. The van der Waals surface area contributed by atoms with E-state index in [1.165, 1.54) is 11.8 Å². The van der Waals surface area contributed by atoms with Crippen molar-refractivity contribution in [1.29, 1.82) is 0 Å². The SMILES string of the molecule is CNC(=O)CSc1nnc(-c2cccs2)n1-c1ccccc1. The first-order chi connectivity index (χ1) is 10.8. The Bertz CT molecular complexity index is 753. The molecule has 0 aliphatic rings. The van der Waals surface area contributed by atoms with E-state index in [1.807, 2.05) is 52.4 Å². The maximum Gasteiger partial charge on any atom is 0.230 e. The van der Waals surface area contributed by atoms with Crippen molar-refractivity contribution in [2.75, 3.05) is 12.8 Å². The van der Waals surface area contributed by atoms with Crippen molar-refractivity contribution in [3.63, 3.8) is 0 Å². The Morgan fingerprint density at radius 1 is 1.23 bits per heavy atom. The van der Waals surface area contributed by atoms with Gasteiger partial charge in [0.2, 0.25) is 5.91 Å². The Morgan fingerprint density at radius 3 is 2.73 bits per heavy atom. The molecule has 1 N–H and O–H groups in total. The molecule has 0 saturated heterocycles. The largest absolute Gasteiger partial charge is 0.358 e. The van der Waals surface area contributed by atoms with E-state index in [1.54, 1.807) is 18.4 Å². The molecular weight excluding hydrogens is 316 g/mol. The highest BCUT2D eigenvalue weighted by Gasteiger charge is 2.17. The first-order valence-electron chi connectivity index (χ1n) is 6.67. The number of carbonyl (C=O) groups is 1. The summed E-state index contributed by atoms with van der Waals surface area (Å²) in [6.07, 6.45) is 0. The fourth-order valence-electron chi connectivity index (χ4n) is 1.94. The molecular formula is C15H14N4OS2. The van der Waals surface area contributed by atoms with Crippen LogP contribution in [0.25, 0.3) is 16.4 Å². The Balaban J connectivity index is 2.02. The molecule has 5 nitrogen and oxygen atoms in total. The zero-order valence-electron chi connectivity index (χ0n) is 11.9. The number of nitrogens with zero attached hydrogens (tertiary/aromatic N) is 3. The summed E-state index contributed by atoms with van der Waals surface area (Å²) in [6, 6.07) is 13.9. The second kappa shape index (κ2) is 6.76. The van der Waals surface area contributed by atoms with Gasteiger partial charge in [0.1, 0.15) is 0 Å². The van der Waals surface area contributed by atoms with Crippen LogP contribution in [0.15, 0.2) is 53.0 Å². The third-order valence-electron chi connectivity index (χ3n) is 3.00. The molecule has 22 heavy (non-hydrogen) atoms. The molecule has 0 bridgehead atoms. The van der Waals surface area contributed by atoms with Crippen LogP contribution in [0.3, 0.4) is 0 Å². The molecule has 2 heterocycles. The second-order valence-electron chi connectivity index (χ2n) is 4.42. The van der Waals surface area contributed by atoms with Crippen LogP contribution in [-0.2, 0) is 4.79 Å². The Morgan fingerprint density at radius 2 is 2.05 bits per heavy atom. The average molecular weight is 330 g/mol. The van der Waals surface area contributed by atoms with Gasteiger partial charge in [-0.2, -0.15) is 0 Å². The molecule has 0 aliphatic carbocycles. The lowest BCUT2D eigenvalue weighted by Crippen LogP contribution is -2.20. The van der Waals surface area contributed by atoms with Gasteiger partial charge in [0.25, 0.3) is 0 Å². The van der Waals surface area contributed by atoms with E-state index in [2.05, 4.69) is 15.5 Å². The summed E-state index contributed by atoms with van der Waals surface area (Å²) in [4.78, 5) is 12.5. The van der Waals surface area contributed by atoms with Crippen LogP contribution in [0.5, 0.6) is 0 Å². The molecule has 1 aromatic carbocycles. The fraction of sp³-hybridized carbons (Fsp3) is 0.133. The number of thioether (sulfide) groups is 1. The van der Waals surface area contributed by atoms with Crippen molar-refractivity contribution in [2.24, 2.45) is 0 Å². The molecule has 0 saturated carbocycles.